The third-order valence-electron chi connectivity index (χ3n) is 4.92. The SMILES string of the molecule is CN=C(NCCCn1cc(C)cn1)N1CCN(C(=O)C2CCCO2)CC1.I. The molecule has 27 heavy (non-hydrogen) atoms. The van der Waals surface area contributed by atoms with E-state index in [9.17, 15) is 4.79 Å². The van der Waals surface area contributed by atoms with Crippen molar-refractivity contribution in [3.8, 4) is 0 Å². The molecule has 1 amide bonds. The molecule has 2 saturated heterocycles. The van der Waals surface area contributed by atoms with Gasteiger partial charge in [-0.1, -0.05) is 0 Å². The molecule has 0 aliphatic carbocycles. The van der Waals surface area contributed by atoms with Crippen molar-refractivity contribution in [3.63, 3.8) is 0 Å². The van der Waals surface area contributed by atoms with E-state index >= 15 is 0 Å². The van der Waals surface area contributed by atoms with Crippen molar-refractivity contribution in [2.75, 3.05) is 46.4 Å². The monoisotopic (exact) mass is 490 g/mol. The number of aryl methyl sites for hydroxylation is 2. The number of piperazine rings is 1. The predicted octanol–water partition coefficient (Wildman–Crippen LogP) is 1.10. The number of aromatic nitrogens is 2. The summed E-state index contributed by atoms with van der Waals surface area (Å²) >= 11 is 0. The molecular formula is C18H31IN6O2. The molecule has 1 aromatic rings. The van der Waals surface area contributed by atoms with Crippen molar-refractivity contribution in [1.82, 2.24) is 24.9 Å². The Morgan fingerprint density at radius 2 is 2.07 bits per heavy atom. The Hall–Kier alpha value is -1.36. The van der Waals surface area contributed by atoms with Crippen molar-refractivity contribution < 1.29 is 9.53 Å². The Labute approximate surface area is 178 Å². The zero-order valence-electron chi connectivity index (χ0n) is 16.3. The molecule has 0 saturated carbocycles. The fourth-order valence-electron chi connectivity index (χ4n) is 3.48. The van der Waals surface area contributed by atoms with E-state index in [1.807, 2.05) is 29.7 Å². The Bertz CT molecular complexity index is 621. The lowest BCUT2D eigenvalue weighted by atomic mass is 10.2. The molecule has 1 N–H and O–H groups in total. The lowest BCUT2D eigenvalue weighted by molar-refractivity contribution is -0.142. The highest BCUT2D eigenvalue weighted by molar-refractivity contribution is 14.0. The van der Waals surface area contributed by atoms with Gasteiger partial charge in [0.05, 0.1) is 6.20 Å². The van der Waals surface area contributed by atoms with Crippen molar-refractivity contribution >= 4 is 35.8 Å². The van der Waals surface area contributed by atoms with Crippen molar-refractivity contribution in [2.45, 2.75) is 38.8 Å². The summed E-state index contributed by atoms with van der Waals surface area (Å²) in [5.41, 5.74) is 1.18. The topological polar surface area (TPSA) is 75.0 Å². The van der Waals surface area contributed by atoms with E-state index in [1.54, 1.807) is 0 Å². The molecule has 9 heteroatoms. The molecule has 1 atom stereocenters. The zero-order chi connectivity index (χ0) is 18.4. The number of carbonyl (C=O) groups is 1. The number of halogens is 1. The minimum Gasteiger partial charge on any atom is -0.368 e. The van der Waals surface area contributed by atoms with Crippen LogP contribution in [-0.4, -0.2) is 83.9 Å². The number of rotatable bonds is 5. The number of nitrogens with one attached hydrogen (secondary N) is 1. The van der Waals surface area contributed by atoms with E-state index in [0.717, 1.165) is 64.5 Å². The number of hydrogen-bond donors (Lipinski definition) is 1. The Morgan fingerprint density at radius 1 is 1.33 bits per heavy atom. The highest BCUT2D eigenvalue weighted by Crippen LogP contribution is 2.16. The van der Waals surface area contributed by atoms with Gasteiger partial charge in [0.15, 0.2) is 5.96 Å². The van der Waals surface area contributed by atoms with Crippen LogP contribution in [-0.2, 0) is 16.1 Å². The van der Waals surface area contributed by atoms with Gasteiger partial charge < -0.3 is 19.9 Å². The van der Waals surface area contributed by atoms with Crippen LogP contribution in [0.2, 0.25) is 0 Å². The van der Waals surface area contributed by atoms with Crippen LogP contribution in [0.15, 0.2) is 17.4 Å². The van der Waals surface area contributed by atoms with Gasteiger partial charge in [0.1, 0.15) is 6.10 Å². The maximum atomic E-state index is 12.4. The van der Waals surface area contributed by atoms with Crippen LogP contribution in [0, 0.1) is 6.92 Å². The lowest BCUT2D eigenvalue weighted by Crippen LogP contribution is -2.55. The first-order chi connectivity index (χ1) is 12.7. The third-order valence-corrected chi connectivity index (χ3v) is 4.92. The van der Waals surface area contributed by atoms with E-state index in [-0.39, 0.29) is 36.0 Å². The fourth-order valence-corrected chi connectivity index (χ4v) is 3.48. The molecule has 152 valence electrons. The van der Waals surface area contributed by atoms with Crippen molar-refractivity contribution in [1.29, 1.82) is 0 Å². The Balaban J connectivity index is 0.00000261. The number of ether oxygens (including phenoxy) is 1. The van der Waals surface area contributed by atoms with Gasteiger partial charge in [-0.05, 0) is 31.7 Å². The fraction of sp³-hybridized carbons (Fsp3) is 0.722. The average molecular weight is 490 g/mol. The van der Waals surface area contributed by atoms with Gasteiger partial charge in [0.25, 0.3) is 5.91 Å². The summed E-state index contributed by atoms with van der Waals surface area (Å²) in [6, 6.07) is 0. The maximum absolute atomic E-state index is 12.4. The molecule has 0 spiro atoms. The molecule has 3 rings (SSSR count). The smallest absolute Gasteiger partial charge is 0.251 e. The second kappa shape index (κ2) is 10.8. The lowest BCUT2D eigenvalue weighted by Gasteiger charge is -2.37. The van der Waals surface area contributed by atoms with Crippen LogP contribution in [0.3, 0.4) is 0 Å². The molecule has 1 unspecified atom stereocenters. The van der Waals surface area contributed by atoms with Gasteiger partial charge in [-0.2, -0.15) is 5.10 Å². The van der Waals surface area contributed by atoms with Crippen LogP contribution in [0.1, 0.15) is 24.8 Å². The summed E-state index contributed by atoms with van der Waals surface area (Å²) in [5.74, 6) is 1.06. The van der Waals surface area contributed by atoms with Gasteiger partial charge in [-0.25, -0.2) is 0 Å². The Kier molecular flexibility index (Phi) is 8.81. The van der Waals surface area contributed by atoms with Gasteiger partial charge in [-0.15, -0.1) is 24.0 Å². The quantitative estimate of drug-likeness (QED) is 0.290. The van der Waals surface area contributed by atoms with Crippen LogP contribution < -0.4 is 5.32 Å². The highest BCUT2D eigenvalue weighted by atomic mass is 127. The van der Waals surface area contributed by atoms with Gasteiger partial charge >= 0.3 is 0 Å². The predicted molar refractivity (Wildman–Crippen MR) is 115 cm³/mol. The molecule has 0 radical (unpaired) electrons. The molecule has 1 aromatic heterocycles. The van der Waals surface area contributed by atoms with E-state index in [0.29, 0.717) is 6.61 Å². The Morgan fingerprint density at radius 3 is 2.67 bits per heavy atom. The second-order valence-electron chi connectivity index (χ2n) is 6.92. The summed E-state index contributed by atoms with van der Waals surface area (Å²) < 4.78 is 7.49. The van der Waals surface area contributed by atoms with E-state index in [4.69, 9.17) is 4.74 Å². The molecule has 2 fully saturated rings. The van der Waals surface area contributed by atoms with Crippen molar-refractivity contribution in [3.05, 3.63) is 18.0 Å². The third kappa shape index (κ3) is 6.06. The first-order valence-electron chi connectivity index (χ1n) is 9.52. The molecule has 2 aliphatic rings. The molecule has 0 bridgehead atoms. The summed E-state index contributed by atoms with van der Waals surface area (Å²) in [7, 11) is 1.81. The zero-order valence-corrected chi connectivity index (χ0v) is 18.6. The average Bonchev–Trinajstić information content (AvgIpc) is 3.33. The summed E-state index contributed by atoms with van der Waals surface area (Å²) in [6.45, 7) is 7.56. The molecule has 0 aromatic carbocycles. The molecular weight excluding hydrogens is 459 g/mol. The summed E-state index contributed by atoms with van der Waals surface area (Å²) in [6.07, 6.45) is 6.55. The van der Waals surface area contributed by atoms with Crippen LogP contribution >= 0.6 is 24.0 Å². The minimum absolute atomic E-state index is 0. The number of guanidine groups is 1. The molecule has 3 heterocycles. The molecule has 8 nitrogen and oxygen atoms in total. The number of amides is 1. The van der Waals surface area contributed by atoms with Crippen molar-refractivity contribution in [2.24, 2.45) is 4.99 Å². The standard InChI is InChI=1S/C18H30N6O2.HI/c1-15-13-21-24(14-15)7-4-6-20-18(19-2)23-10-8-22(9-11-23)17(25)16-5-3-12-26-16;/h13-14,16H,3-12H2,1-2H3,(H,19,20);1H. The molecule has 2 aliphatic heterocycles. The van der Waals surface area contributed by atoms with E-state index in [1.165, 1.54) is 5.56 Å². The van der Waals surface area contributed by atoms with E-state index in [2.05, 4.69) is 26.5 Å². The number of aliphatic imine (C=N–C) groups is 1. The van der Waals surface area contributed by atoms with Gasteiger partial charge in [0, 0.05) is 59.1 Å². The first kappa shape index (κ1) is 21.9. The number of carbonyl (C=O) groups excluding carboxylic acids is 1. The summed E-state index contributed by atoms with van der Waals surface area (Å²) in [5, 5.41) is 7.72. The number of hydrogen-bond acceptors (Lipinski definition) is 4. The van der Waals surface area contributed by atoms with Gasteiger partial charge in [0.2, 0.25) is 0 Å². The van der Waals surface area contributed by atoms with Gasteiger partial charge in [-0.3, -0.25) is 14.5 Å². The van der Waals surface area contributed by atoms with E-state index < -0.39 is 0 Å². The first-order valence-corrected chi connectivity index (χ1v) is 9.52. The van der Waals surface area contributed by atoms with Crippen LogP contribution in [0.25, 0.3) is 0 Å². The number of nitrogens with zero attached hydrogens (tertiary/aromatic N) is 5. The highest BCUT2D eigenvalue weighted by Gasteiger charge is 2.30. The largest absolute Gasteiger partial charge is 0.368 e. The summed E-state index contributed by atoms with van der Waals surface area (Å²) in [4.78, 5) is 21.0. The minimum atomic E-state index is -0.218. The van der Waals surface area contributed by atoms with Crippen LogP contribution in [0.4, 0.5) is 0 Å². The second-order valence-corrected chi connectivity index (χ2v) is 6.92. The normalized spacial score (nSPS) is 20.5. The van der Waals surface area contributed by atoms with Crippen LogP contribution in [0.5, 0.6) is 0 Å². The maximum Gasteiger partial charge on any atom is 0.251 e.